The number of methoxy groups -OCH3 is 1. The molecule has 0 aromatic carbocycles. The maximum atomic E-state index is 12.0. The zero-order valence-corrected chi connectivity index (χ0v) is 10.4. The van der Waals surface area contributed by atoms with E-state index in [4.69, 9.17) is 4.74 Å². The maximum absolute atomic E-state index is 12.0. The predicted molar refractivity (Wildman–Crippen MR) is 59.3 cm³/mol. The van der Waals surface area contributed by atoms with E-state index >= 15 is 0 Å². The lowest BCUT2D eigenvalue weighted by Gasteiger charge is -2.32. The van der Waals surface area contributed by atoms with Gasteiger partial charge in [-0.1, -0.05) is 0 Å². The number of sulfonamides is 1. The lowest BCUT2D eigenvalue weighted by Crippen LogP contribution is -2.53. The molecular weight excluding hydrogens is 216 g/mol. The van der Waals surface area contributed by atoms with E-state index in [1.165, 1.54) is 7.11 Å². The fraction of sp³-hybridized carbons (Fsp3) is 1.00. The Kier molecular flexibility index (Phi) is 4.51. The summed E-state index contributed by atoms with van der Waals surface area (Å²) in [4.78, 5) is 0. The van der Waals surface area contributed by atoms with E-state index in [1.54, 1.807) is 11.2 Å². The number of piperazine rings is 1. The predicted octanol–water partition coefficient (Wildman–Crippen LogP) is -0.355. The first-order valence-electron chi connectivity index (χ1n) is 5.19. The molecule has 0 spiro atoms. The van der Waals surface area contributed by atoms with Gasteiger partial charge >= 0.3 is 0 Å². The summed E-state index contributed by atoms with van der Waals surface area (Å²) in [5.74, 6) is 0. The molecule has 0 aromatic rings. The van der Waals surface area contributed by atoms with Crippen LogP contribution in [0.3, 0.4) is 0 Å². The van der Waals surface area contributed by atoms with Crippen LogP contribution in [0.2, 0.25) is 0 Å². The second-order valence-corrected chi connectivity index (χ2v) is 6.38. The SMILES string of the molecule is COCC(C)S(=O)(=O)N1CCNC(C)C1. The van der Waals surface area contributed by atoms with E-state index in [9.17, 15) is 8.42 Å². The van der Waals surface area contributed by atoms with E-state index in [-0.39, 0.29) is 12.6 Å². The summed E-state index contributed by atoms with van der Waals surface area (Å²) in [6.07, 6.45) is 0. The molecule has 6 heteroatoms. The molecule has 1 saturated heterocycles. The molecule has 1 fully saturated rings. The van der Waals surface area contributed by atoms with Crippen molar-refractivity contribution < 1.29 is 13.2 Å². The topological polar surface area (TPSA) is 58.6 Å². The summed E-state index contributed by atoms with van der Waals surface area (Å²) in [6.45, 7) is 5.76. The van der Waals surface area contributed by atoms with Crippen LogP contribution >= 0.6 is 0 Å². The molecule has 2 atom stereocenters. The molecule has 15 heavy (non-hydrogen) atoms. The van der Waals surface area contributed by atoms with Gasteiger partial charge < -0.3 is 10.1 Å². The van der Waals surface area contributed by atoms with Gasteiger partial charge in [0.1, 0.15) is 0 Å². The van der Waals surface area contributed by atoms with Crippen LogP contribution in [-0.4, -0.2) is 57.4 Å². The van der Waals surface area contributed by atoms with Crippen molar-refractivity contribution in [1.29, 1.82) is 0 Å². The quantitative estimate of drug-likeness (QED) is 0.724. The van der Waals surface area contributed by atoms with Crippen molar-refractivity contribution in [3.05, 3.63) is 0 Å². The number of ether oxygens (including phenoxy) is 1. The van der Waals surface area contributed by atoms with Gasteiger partial charge in [-0.15, -0.1) is 0 Å². The lowest BCUT2D eigenvalue weighted by atomic mass is 10.3. The monoisotopic (exact) mass is 236 g/mol. The van der Waals surface area contributed by atoms with Gasteiger partial charge in [-0.05, 0) is 13.8 Å². The Labute approximate surface area is 91.8 Å². The summed E-state index contributed by atoms with van der Waals surface area (Å²) in [6, 6.07) is 0.225. The largest absolute Gasteiger partial charge is 0.383 e. The number of hydrogen-bond acceptors (Lipinski definition) is 4. The van der Waals surface area contributed by atoms with Crippen LogP contribution in [0.5, 0.6) is 0 Å². The fourth-order valence-electron chi connectivity index (χ4n) is 1.70. The average Bonchev–Trinajstić information content (AvgIpc) is 2.18. The smallest absolute Gasteiger partial charge is 0.219 e. The third-order valence-corrected chi connectivity index (χ3v) is 4.81. The highest BCUT2D eigenvalue weighted by Gasteiger charge is 2.31. The number of rotatable bonds is 4. The third kappa shape index (κ3) is 3.14. The minimum atomic E-state index is -3.19. The number of hydrogen-bond donors (Lipinski definition) is 1. The van der Waals surface area contributed by atoms with Gasteiger partial charge in [0.2, 0.25) is 10.0 Å². The van der Waals surface area contributed by atoms with Crippen LogP contribution in [0.1, 0.15) is 13.8 Å². The molecule has 0 bridgehead atoms. The van der Waals surface area contributed by atoms with Crippen LogP contribution in [0.25, 0.3) is 0 Å². The van der Waals surface area contributed by atoms with Crippen LogP contribution < -0.4 is 5.32 Å². The normalized spacial score (nSPS) is 26.5. The molecule has 5 nitrogen and oxygen atoms in total. The summed E-state index contributed by atoms with van der Waals surface area (Å²) < 4.78 is 30.5. The average molecular weight is 236 g/mol. The molecule has 0 aromatic heterocycles. The summed E-state index contributed by atoms with van der Waals surface area (Å²) in [7, 11) is -1.67. The van der Waals surface area contributed by atoms with E-state index in [1.807, 2.05) is 6.92 Å². The molecular formula is C9H20N2O3S. The second-order valence-electron chi connectivity index (χ2n) is 4.02. The van der Waals surface area contributed by atoms with Crippen LogP contribution in [0.15, 0.2) is 0 Å². The van der Waals surface area contributed by atoms with E-state index in [2.05, 4.69) is 5.32 Å². The zero-order chi connectivity index (χ0) is 11.5. The van der Waals surface area contributed by atoms with Gasteiger partial charge in [0.15, 0.2) is 0 Å². The van der Waals surface area contributed by atoms with Crippen molar-refractivity contribution in [3.8, 4) is 0 Å². The number of nitrogens with zero attached hydrogens (tertiary/aromatic N) is 1. The third-order valence-electron chi connectivity index (χ3n) is 2.60. The first-order chi connectivity index (χ1) is 6.98. The number of nitrogens with one attached hydrogen (secondary N) is 1. The fourth-order valence-corrected chi connectivity index (χ4v) is 3.30. The van der Waals surface area contributed by atoms with Crippen molar-refractivity contribution in [2.75, 3.05) is 33.4 Å². The first-order valence-corrected chi connectivity index (χ1v) is 6.70. The molecule has 90 valence electrons. The summed E-state index contributed by atoms with van der Waals surface area (Å²) >= 11 is 0. The molecule has 1 rings (SSSR count). The lowest BCUT2D eigenvalue weighted by molar-refractivity contribution is 0.196. The van der Waals surface area contributed by atoms with Gasteiger partial charge in [-0.2, -0.15) is 4.31 Å². The Bertz CT molecular complexity index is 292. The Morgan fingerprint density at radius 1 is 1.60 bits per heavy atom. The summed E-state index contributed by atoms with van der Waals surface area (Å²) in [5.41, 5.74) is 0. The van der Waals surface area contributed by atoms with E-state index in [0.29, 0.717) is 13.1 Å². The van der Waals surface area contributed by atoms with Gasteiger partial charge in [-0.25, -0.2) is 8.42 Å². The van der Waals surface area contributed by atoms with Gasteiger partial charge in [0, 0.05) is 32.8 Å². The van der Waals surface area contributed by atoms with Crippen molar-refractivity contribution in [3.63, 3.8) is 0 Å². The molecule has 1 aliphatic rings. The zero-order valence-electron chi connectivity index (χ0n) is 9.56. The van der Waals surface area contributed by atoms with Crippen molar-refractivity contribution in [1.82, 2.24) is 9.62 Å². The maximum Gasteiger partial charge on any atom is 0.219 e. The Balaban J connectivity index is 2.67. The van der Waals surface area contributed by atoms with Crippen LogP contribution in [-0.2, 0) is 14.8 Å². The van der Waals surface area contributed by atoms with Gasteiger partial charge in [0.05, 0.1) is 11.9 Å². The highest BCUT2D eigenvalue weighted by atomic mass is 32.2. The standard InChI is InChI=1S/C9H20N2O3S/c1-8-6-11(5-4-10-8)15(12,13)9(2)7-14-3/h8-10H,4-7H2,1-3H3. The molecule has 2 unspecified atom stereocenters. The van der Waals surface area contributed by atoms with Gasteiger partial charge in [-0.3, -0.25) is 0 Å². The van der Waals surface area contributed by atoms with E-state index < -0.39 is 15.3 Å². The van der Waals surface area contributed by atoms with E-state index in [0.717, 1.165) is 6.54 Å². The van der Waals surface area contributed by atoms with Gasteiger partial charge in [0.25, 0.3) is 0 Å². The minimum absolute atomic E-state index is 0.225. The van der Waals surface area contributed by atoms with Crippen LogP contribution in [0, 0.1) is 0 Å². The van der Waals surface area contributed by atoms with Crippen molar-refractivity contribution in [2.45, 2.75) is 25.1 Å². The Hall–Kier alpha value is -0.170. The minimum Gasteiger partial charge on any atom is -0.383 e. The molecule has 0 aliphatic carbocycles. The van der Waals surface area contributed by atoms with Crippen molar-refractivity contribution in [2.24, 2.45) is 0 Å². The second kappa shape index (κ2) is 5.25. The first kappa shape index (κ1) is 12.9. The van der Waals surface area contributed by atoms with Crippen LogP contribution in [0.4, 0.5) is 0 Å². The Morgan fingerprint density at radius 2 is 2.27 bits per heavy atom. The summed E-state index contributed by atoms with van der Waals surface area (Å²) in [5, 5.41) is 2.75. The molecule has 0 saturated carbocycles. The molecule has 1 heterocycles. The molecule has 1 N–H and O–H groups in total. The van der Waals surface area contributed by atoms with Crippen molar-refractivity contribution >= 4 is 10.0 Å². The molecule has 0 amide bonds. The highest BCUT2D eigenvalue weighted by molar-refractivity contribution is 7.89. The highest BCUT2D eigenvalue weighted by Crippen LogP contribution is 2.12. The Morgan fingerprint density at radius 3 is 2.80 bits per heavy atom. The molecule has 0 radical (unpaired) electrons. The molecule has 1 aliphatic heterocycles.